The summed E-state index contributed by atoms with van der Waals surface area (Å²) >= 11 is 0. The highest BCUT2D eigenvalue weighted by atomic mass is 32.2. The number of benzene rings is 1. The molecule has 1 fully saturated rings. The van der Waals surface area contributed by atoms with Gasteiger partial charge < -0.3 is 9.64 Å². The molecule has 134 valence electrons. The van der Waals surface area contributed by atoms with E-state index in [1.807, 2.05) is 12.1 Å². The fourth-order valence-corrected chi connectivity index (χ4v) is 3.67. The van der Waals surface area contributed by atoms with Crippen LogP contribution in [-0.2, 0) is 20.5 Å². The molecule has 1 aromatic carbocycles. The predicted molar refractivity (Wildman–Crippen MR) is 94.9 cm³/mol. The number of ether oxygens (including phenoxy) is 1. The summed E-state index contributed by atoms with van der Waals surface area (Å²) in [7, 11) is -1.60. The van der Waals surface area contributed by atoms with E-state index in [1.54, 1.807) is 29.4 Å². The molecule has 3 heterocycles. The van der Waals surface area contributed by atoms with Crippen molar-refractivity contribution in [3.8, 4) is 11.1 Å². The van der Waals surface area contributed by atoms with Crippen LogP contribution in [0.3, 0.4) is 0 Å². The van der Waals surface area contributed by atoms with Gasteiger partial charge in [-0.05, 0) is 17.7 Å². The zero-order valence-electron chi connectivity index (χ0n) is 13.8. The minimum absolute atomic E-state index is 0.00774. The van der Waals surface area contributed by atoms with Crippen LogP contribution in [0.15, 0.2) is 42.7 Å². The van der Waals surface area contributed by atoms with Gasteiger partial charge in [-0.3, -0.25) is 14.3 Å². The molecule has 0 spiro atoms. The van der Waals surface area contributed by atoms with Crippen LogP contribution in [0.5, 0.6) is 0 Å². The molecule has 2 aliphatic heterocycles. The van der Waals surface area contributed by atoms with Crippen molar-refractivity contribution in [3.05, 3.63) is 48.3 Å². The average molecular weight is 372 g/mol. The van der Waals surface area contributed by atoms with Crippen molar-refractivity contribution in [2.24, 2.45) is 0 Å². The molecule has 1 saturated heterocycles. The van der Waals surface area contributed by atoms with Gasteiger partial charge in [-0.25, -0.2) is 8.89 Å². The monoisotopic (exact) mass is 372 g/mol. The van der Waals surface area contributed by atoms with Crippen molar-refractivity contribution in [3.63, 3.8) is 0 Å². The molecule has 4 rings (SSSR count). The van der Waals surface area contributed by atoms with Crippen LogP contribution >= 0.6 is 0 Å². The maximum absolute atomic E-state index is 12.5. The van der Waals surface area contributed by atoms with Crippen molar-refractivity contribution in [1.82, 2.24) is 19.4 Å². The number of carbonyl (C=O) groups excluding carboxylic acids is 2. The summed E-state index contributed by atoms with van der Waals surface area (Å²) in [6, 6.07) is 7.25. The van der Waals surface area contributed by atoms with Gasteiger partial charge in [0.1, 0.15) is 0 Å². The summed E-state index contributed by atoms with van der Waals surface area (Å²) in [5.74, 6) is -0.409. The lowest BCUT2D eigenvalue weighted by molar-refractivity contribution is -0.114. The molecule has 2 aliphatic rings. The number of amides is 2. The lowest BCUT2D eigenvalue weighted by Gasteiger charge is -2.26. The molecule has 1 N–H and O–H groups in total. The largest absolute Gasteiger partial charge is 0.378 e. The third-order valence-corrected chi connectivity index (χ3v) is 5.28. The second kappa shape index (κ2) is 6.85. The summed E-state index contributed by atoms with van der Waals surface area (Å²) < 4.78 is 20.8. The first-order valence-electron chi connectivity index (χ1n) is 8.08. The second-order valence-electron chi connectivity index (χ2n) is 5.87. The lowest BCUT2D eigenvalue weighted by atomic mass is 10.1. The first kappa shape index (κ1) is 16.7. The Morgan fingerprint density at radius 1 is 1.15 bits per heavy atom. The highest BCUT2D eigenvalue weighted by Crippen LogP contribution is 2.22. The molecular weight excluding hydrogens is 356 g/mol. The SMILES string of the molecule is O=C1C=C(n2cc(-c3ccc(C(=O)N4CCOCC4)cc3)cn2)S(=O)N1. The molecular formula is C17H16N4O4S. The van der Waals surface area contributed by atoms with Crippen LogP contribution in [0, 0.1) is 0 Å². The van der Waals surface area contributed by atoms with Crippen molar-refractivity contribution < 1.29 is 18.5 Å². The molecule has 2 aromatic rings. The van der Waals surface area contributed by atoms with Crippen LogP contribution in [0.2, 0.25) is 0 Å². The standard InChI is InChI=1S/C17H16N4O4S/c22-15-9-16(26(24)19-15)21-11-14(10-18-21)12-1-3-13(4-2-12)17(23)20-5-7-25-8-6-20/h1-4,9-11H,5-8H2,(H,19,22). The Balaban J connectivity index is 1.52. The van der Waals surface area contributed by atoms with Crippen molar-refractivity contribution >= 4 is 27.8 Å². The molecule has 1 atom stereocenters. The Morgan fingerprint density at radius 3 is 2.54 bits per heavy atom. The molecule has 0 saturated carbocycles. The van der Waals surface area contributed by atoms with E-state index in [-0.39, 0.29) is 5.91 Å². The second-order valence-corrected chi connectivity index (χ2v) is 7.03. The van der Waals surface area contributed by atoms with E-state index >= 15 is 0 Å². The molecule has 8 nitrogen and oxygen atoms in total. The minimum atomic E-state index is -1.60. The van der Waals surface area contributed by atoms with Gasteiger partial charge in [0.2, 0.25) is 0 Å². The van der Waals surface area contributed by atoms with Gasteiger partial charge in [0.25, 0.3) is 11.8 Å². The zero-order chi connectivity index (χ0) is 18.1. The van der Waals surface area contributed by atoms with Gasteiger partial charge in [-0.2, -0.15) is 5.10 Å². The van der Waals surface area contributed by atoms with Crippen molar-refractivity contribution in [1.29, 1.82) is 0 Å². The summed E-state index contributed by atoms with van der Waals surface area (Å²) in [4.78, 5) is 25.5. The van der Waals surface area contributed by atoms with Gasteiger partial charge in [0.05, 0.1) is 19.4 Å². The van der Waals surface area contributed by atoms with Gasteiger partial charge in [0.15, 0.2) is 16.0 Å². The van der Waals surface area contributed by atoms with E-state index < -0.39 is 16.9 Å². The molecule has 2 amide bonds. The molecule has 1 unspecified atom stereocenters. The van der Waals surface area contributed by atoms with Crippen LogP contribution < -0.4 is 4.72 Å². The molecule has 9 heteroatoms. The van der Waals surface area contributed by atoms with Crippen molar-refractivity contribution in [2.45, 2.75) is 0 Å². The average Bonchev–Trinajstić information content (AvgIpc) is 3.28. The number of morpholine rings is 1. The third kappa shape index (κ3) is 3.18. The number of hydrogen-bond acceptors (Lipinski definition) is 5. The Morgan fingerprint density at radius 2 is 1.88 bits per heavy atom. The first-order chi connectivity index (χ1) is 12.6. The van der Waals surface area contributed by atoms with E-state index in [1.165, 1.54) is 10.8 Å². The third-order valence-electron chi connectivity index (χ3n) is 4.21. The van der Waals surface area contributed by atoms with E-state index in [9.17, 15) is 13.8 Å². The highest BCUT2D eigenvalue weighted by molar-refractivity contribution is 7.93. The van der Waals surface area contributed by atoms with E-state index in [2.05, 4.69) is 9.82 Å². The molecule has 26 heavy (non-hydrogen) atoms. The highest BCUT2D eigenvalue weighted by Gasteiger charge is 2.22. The minimum Gasteiger partial charge on any atom is -0.378 e. The van der Waals surface area contributed by atoms with Crippen molar-refractivity contribution in [2.75, 3.05) is 26.3 Å². The first-order valence-corrected chi connectivity index (χ1v) is 9.23. The number of aromatic nitrogens is 2. The summed E-state index contributed by atoms with van der Waals surface area (Å²) in [6.45, 7) is 2.34. The van der Waals surface area contributed by atoms with E-state index in [0.29, 0.717) is 36.9 Å². The topological polar surface area (TPSA) is 93.5 Å². The quantitative estimate of drug-likeness (QED) is 0.852. The Hall–Kier alpha value is -2.78. The Bertz CT molecular complexity index is 913. The lowest BCUT2D eigenvalue weighted by Crippen LogP contribution is -2.40. The Labute approximate surface area is 152 Å². The maximum Gasteiger partial charge on any atom is 0.258 e. The smallest absolute Gasteiger partial charge is 0.258 e. The van der Waals surface area contributed by atoms with Gasteiger partial charge in [-0.15, -0.1) is 0 Å². The van der Waals surface area contributed by atoms with E-state index in [0.717, 1.165) is 11.1 Å². The molecule has 0 aliphatic carbocycles. The van der Waals surface area contributed by atoms with Gasteiger partial charge in [-0.1, -0.05) is 12.1 Å². The van der Waals surface area contributed by atoms with Crippen LogP contribution in [0.1, 0.15) is 10.4 Å². The fourth-order valence-electron chi connectivity index (χ4n) is 2.84. The molecule has 0 radical (unpaired) electrons. The number of carbonyl (C=O) groups is 2. The Kier molecular flexibility index (Phi) is 4.39. The number of nitrogens with one attached hydrogen (secondary N) is 1. The number of hydrogen-bond donors (Lipinski definition) is 1. The maximum atomic E-state index is 12.5. The number of rotatable bonds is 3. The summed E-state index contributed by atoms with van der Waals surface area (Å²) in [6.07, 6.45) is 4.58. The van der Waals surface area contributed by atoms with Crippen LogP contribution in [0.25, 0.3) is 16.2 Å². The summed E-state index contributed by atoms with van der Waals surface area (Å²) in [5, 5.41) is 4.46. The van der Waals surface area contributed by atoms with Crippen LogP contribution in [0.4, 0.5) is 0 Å². The molecule has 0 bridgehead atoms. The predicted octanol–water partition coefficient (Wildman–Crippen LogP) is 0.614. The zero-order valence-corrected chi connectivity index (χ0v) is 14.6. The van der Waals surface area contributed by atoms with E-state index in [4.69, 9.17) is 4.74 Å². The molecule has 1 aromatic heterocycles. The fraction of sp³-hybridized carbons (Fsp3) is 0.235. The number of nitrogens with zero attached hydrogens (tertiary/aromatic N) is 3. The summed E-state index contributed by atoms with van der Waals surface area (Å²) in [5.41, 5.74) is 2.29. The normalized spacial score (nSPS) is 20.0. The van der Waals surface area contributed by atoms with Gasteiger partial charge >= 0.3 is 0 Å². The van der Waals surface area contributed by atoms with Crippen LogP contribution in [-0.4, -0.2) is 57.0 Å². The van der Waals surface area contributed by atoms with Gasteiger partial charge in [0, 0.05) is 36.5 Å².